The molecule has 1 aromatic heterocycles. The molecule has 9 nitrogen and oxygen atoms in total. The predicted molar refractivity (Wildman–Crippen MR) is 164 cm³/mol. The SMILES string of the molecule is C=C(SC(=NC)NC(=O)Cc1cccc(CO)c1)[C@H]1CCCC(c2nnc(NC(=O)Cc3cccc(CO)c3)s2)C1. The number of amidine groups is 1. The van der Waals surface area contributed by atoms with Crippen LogP contribution in [0.15, 0.2) is 65.0 Å². The maximum absolute atomic E-state index is 12.6. The standard InChI is InChI=1S/C30H35N5O4S2/c1-19(40-29(31-2)32-26(38)14-20-6-3-8-22(12-20)17-36)24-10-5-11-25(16-24)28-34-35-30(41-28)33-27(39)15-21-7-4-9-23(13-21)18-37/h3-4,6-9,12-13,24-25,36-37H,1,5,10-11,14-18H2,2H3,(H,31,32,38)(H,33,35,39)/t24-,25?/m0/s1. The number of rotatable bonds is 10. The fourth-order valence-corrected chi connectivity index (χ4v) is 6.66. The highest BCUT2D eigenvalue weighted by atomic mass is 32.2. The van der Waals surface area contributed by atoms with Crippen molar-refractivity contribution in [2.24, 2.45) is 10.9 Å². The van der Waals surface area contributed by atoms with Crippen LogP contribution in [0.25, 0.3) is 0 Å². The van der Waals surface area contributed by atoms with Gasteiger partial charge in [-0.3, -0.25) is 14.6 Å². The van der Waals surface area contributed by atoms with Gasteiger partial charge in [0.1, 0.15) is 5.01 Å². The number of aliphatic hydroxyl groups excluding tert-OH is 2. The van der Waals surface area contributed by atoms with Crippen LogP contribution < -0.4 is 10.6 Å². The van der Waals surface area contributed by atoms with Crippen LogP contribution >= 0.6 is 23.1 Å². The van der Waals surface area contributed by atoms with Gasteiger partial charge >= 0.3 is 0 Å². The number of aliphatic hydroxyl groups is 2. The van der Waals surface area contributed by atoms with Crippen LogP contribution in [0.1, 0.15) is 58.9 Å². The molecule has 11 heteroatoms. The Kier molecular flexibility index (Phi) is 11.2. The fraction of sp³-hybridized carbons (Fsp3) is 0.367. The van der Waals surface area contributed by atoms with Crippen LogP contribution in [0.5, 0.6) is 0 Å². The van der Waals surface area contributed by atoms with Gasteiger partial charge in [0.2, 0.25) is 16.9 Å². The van der Waals surface area contributed by atoms with Gasteiger partial charge in [-0.25, -0.2) is 0 Å². The highest BCUT2D eigenvalue weighted by Gasteiger charge is 2.28. The number of benzene rings is 2. The molecule has 0 radical (unpaired) electrons. The zero-order valence-electron chi connectivity index (χ0n) is 23.0. The second kappa shape index (κ2) is 15.0. The van der Waals surface area contributed by atoms with E-state index in [4.69, 9.17) is 0 Å². The van der Waals surface area contributed by atoms with Crippen LogP contribution in [0.4, 0.5) is 5.13 Å². The number of nitrogens with one attached hydrogen (secondary N) is 2. The smallest absolute Gasteiger partial charge is 0.230 e. The number of amides is 2. The van der Waals surface area contributed by atoms with Crippen LogP contribution in [-0.2, 0) is 35.6 Å². The Balaban J connectivity index is 1.28. The number of allylic oxidation sites excluding steroid dienone is 1. The van der Waals surface area contributed by atoms with Crippen molar-refractivity contribution >= 4 is 45.2 Å². The van der Waals surface area contributed by atoms with Gasteiger partial charge in [0.05, 0.1) is 26.1 Å². The Labute approximate surface area is 248 Å². The van der Waals surface area contributed by atoms with E-state index in [2.05, 4.69) is 32.4 Å². The summed E-state index contributed by atoms with van der Waals surface area (Å²) in [6, 6.07) is 14.6. The number of aromatic nitrogens is 2. The Hall–Kier alpha value is -3.38. The Morgan fingerprint density at radius 3 is 2.27 bits per heavy atom. The fourth-order valence-electron chi connectivity index (χ4n) is 4.86. The molecule has 1 saturated carbocycles. The van der Waals surface area contributed by atoms with E-state index in [1.165, 1.54) is 23.1 Å². The van der Waals surface area contributed by atoms with Gasteiger partial charge in [0.15, 0.2) is 5.17 Å². The van der Waals surface area contributed by atoms with E-state index in [0.29, 0.717) is 10.3 Å². The first-order valence-corrected chi connectivity index (χ1v) is 15.1. The van der Waals surface area contributed by atoms with E-state index >= 15 is 0 Å². The van der Waals surface area contributed by atoms with Gasteiger partial charge in [0.25, 0.3) is 0 Å². The zero-order valence-corrected chi connectivity index (χ0v) is 24.6. The molecular formula is C30H35N5O4S2. The minimum atomic E-state index is -0.177. The summed E-state index contributed by atoms with van der Waals surface area (Å²) in [4.78, 5) is 30.4. The minimum absolute atomic E-state index is 0.0647. The first-order valence-electron chi connectivity index (χ1n) is 13.5. The van der Waals surface area contributed by atoms with Crippen LogP contribution in [-0.4, -0.2) is 44.4 Å². The Morgan fingerprint density at radius 2 is 1.63 bits per heavy atom. The quantitative estimate of drug-likeness (QED) is 0.200. The summed E-state index contributed by atoms with van der Waals surface area (Å²) in [6.07, 6.45) is 4.25. The van der Waals surface area contributed by atoms with Crippen molar-refractivity contribution in [2.45, 2.75) is 57.7 Å². The molecule has 0 spiro atoms. The van der Waals surface area contributed by atoms with Crippen molar-refractivity contribution < 1.29 is 19.8 Å². The van der Waals surface area contributed by atoms with E-state index < -0.39 is 0 Å². The van der Waals surface area contributed by atoms with E-state index in [1.54, 1.807) is 7.05 Å². The lowest BCUT2D eigenvalue weighted by Crippen LogP contribution is -2.30. The van der Waals surface area contributed by atoms with Crippen molar-refractivity contribution in [3.05, 3.63) is 87.3 Å². The number of carbonyl (C=O) groups excluding carboxylic acids is 2. The molecular weight excluding hydrogens is 558 g/mol. The summed E-state index contributed by atoms with van der Waals surface area (Å²) in [7, 11) is 1.65. The second-order valence-electron chi connectivity index (χ2n) is 10.0. The van der Waals surface area contributed by atoms with Gasteiger partial charge < -0.3 is 20.8 Å². The summed E-state index contributed by atoms with van der Waals surface area (Å²) in [5.41, 5.74) is 3.19. The number of thioether (sulfide) groups is 1. The van der Waals surface area contributed by atoms with Crippen LogP contribution in [0.3, 0.4) is 0 Å². The summed E-state index contributed by atoms with van der Waals surface area (Å²) in [6.45, 7) is 4.17. The average Bonchev–Trinajstić information content (AvgIpc) is 3.45. The predicted octanol–water partition coefficient (Wildman–Crippen LogP) is 4.57. The first kappa shape index (κ1) is 30.6. The third-order valence-corrected chi connectivity index (χ3v) is 8.99. The monoisotopic (exact) mass is 593 g/mol. The summed E-state index contributed by atoms with van der Waals surface area (Å²) < 4.78 is 0. The number of aliphatic imine (C=N–C) groups is 1. The molecule has 41 heavy (non-hydrogen) atoms. The highest BCUT2D eigenvalue weighted by Crippen LogP contribution is 2.43. The maximum Gasteiger partial charge on any atom is 0.230 e. The van der Waals surface area contributed by atoms with Gasteiger partial charge in [-0.2, -0.15) is 0 Å². The Bertz CT molecular complexity index is 1410. The number of hydrogen-bond donors (Lipinski definition) is 4. The molecule has 3 aromatic rings. The lowest BCUT2D eigenvalue weighted by Gasteiger charge is -2.28. The third kappa shape index (κ3) is 9.06. The molecule has 0 aliphatic heterocycles. The minimum Gasteiger partial charge on any atom is -0.392 e. The first-order chi connectivity index (χ1) is 19.9. The average molecular weight is 594 g/mol. The molecule has 0 saturated heterocycles. The molecule has 1 aliphatic carbocycles. The Morgan fingerprint density at radius 1 is 1.00 bits per heavy atom. The lowest BCUT2D eigenvalue weighted by atomic mass is 9.82. The van der Waals surface area contributed by atoms with Crippen molar-refractivity contribution in [1.82, 2.24) is 15.5 Å². The maximum atomic E-state index is 12.6. The molecule has 1 unspecified atom stereocenters. The number of nitrogens with zero attached hydrogens (tertiary/aromatic N) is 3. The molecule has 2 aromatic carbocycles. The van der Waals surface area contributed by atoms with E-state index in [1.807, 2.05) is 48.5 Å². The number of carbonyl (C=O) groups is 2. The molecule has 2 atom stereocenters. The molecule has 2 amide bonds. The van der Waals surface area contributed by atoms with Crippen molar-refractivity contribution in [1.29, 1.82) is 0 Å². The van der Waals surface area contributed by atoms with Crippen molar-refractivity contribution in [3.8, 4) is 0 Å². The normalized spacial score (nSPS) is 17.2. The number of hydrogen-bond acceptors (Lipinski definition) is 9. The van der Waals surface area contributed by atoms with Gasteiger partial charge in [-0.05, 0) is 52.3 Å². The van der Waals surface area contributed by atoms with Gasteiger partial charge in [-0.15, -0.1) is 10.2 Å². The molecule has 1 aliphatic rings. The van der Waals surface area contributed by atoms with E-state index in [-0.39, 0.29) is 49.7 Å². The highest BCUT2D eigenvalue weighted by molar-refractivity contribution is 8.17. The number of anilines is 1. The van der Waals surface area contributed by atoms with Crippen LogP contribution in [0, 0.1) is 5.92 Å². The summed E-state index contributed by atoms with van der Waals surface area (Å²) in [5, 5.41) is 34.8. The molecule has 1 heterocycles. The summed E-state index contributed by atoms with van der Waals surface area (Å²) in [5.74, 6) is 0.0935. The van der Waals surface area contributed by atoms with Gasteiger partial charge in [-0.1, -0.05) is 84.6 Å². The summed E-state index contributed by atoms with van der Waals surface area (Å²) >= 11 is 2.79. The van der Waals surface area contributed by atoms with Crippen LogP contribution in [0.2, 0.25) is 0 Å². The molecule has 4 N–H and O–H groups in total. The van der Waals surface area contributed by atoms with Crippen molar-refractivity contribution in [3.63, 3.8) is 0 Å². The molecule has 0 bridgehead atoms. The zero-order chi connectivity index (χ0) is 29.2. The van der Waals surface area contributed by atoms with Gasteiger partial charge in [0, 0.05) is 13.0 Å². The second-order valence-corrected chi connectivity index (χ2v) is 12.1. The van der Waals surface area contributed by atoms with E-state index in [9.17, 15) is 19.8 Å². The third-order valence-electron chi connectivity index (χ3n) is 6.92. The van der Waals surface area contributed by atoms with Crippen molar-refractivity contribution in [2.75, 3.05) is 12.4 Å². The largest absolute Gasteiger partial charge is 0.392 e. The molecule has 4 rings (SSSR count). The topological polar surface area (TPSA) is 137 Å². The molecule has 1 fully saturated rings. The lowest BCUT2D eigenvalue weighted by molar-refractivity contribution is -0.119. The van der Waals surface area contributed by atoms with E-state index in [0.717, 1.165) is 57.8 Å². The molecule has 216 valence electrons.